The molecule has 3 N–H and O–H groups in total. The monoisotopic (exact) mass is 1330 g/mol. The van der Waals surface area contributed by atoms with Crippen LogP contribution in [0, 0.1) is 0 Å². The molecular weight excluding hydrogens is 1250 g/mol. The number of esters is 3. The van der Waals surface area contributed by atoms with Crippen LogP contribution in [0.1, 0.15) is 136 Å². The van der Waals surface area contributed by atoms with E-state index in [9.17, 15) is 29.7 Å². The van der Waals surface area contributed by atoms with Crippen LogP contribution in [-0.4, -0.2) is 136 Å². The zero-order valence-corrected chi connectivity index (χ0v) is 56.7. The van der Waals surface area contributed by atoms with Crippen molar-refractivity contribution in [2.75, 3.05) is 33.0 Å². The molecule has 494 valence electrons. The molecule has 0 spiro atoms. The van der Waals surface area contributed by atoms with Gasteiger partial charge in [0.2, 0.25) is 0 Å². The van der Waals surface area contributed by atoms with Crippen molar-refractivity contribution >= 4 is 85.8 Å². The predicted octanol–water partition coefficient (Wildman–Crippen LogP) is 13.3. The highest BCUT2D eigenvalue weighted by Crippen LogP contribution is 2.40. The summed E-state index contributed by atoms with van der Waals surface area (Å²) in [5.41, 5.74) is 7.44. The molecule has 0 amide bonds. The van der Waals surface area contributed by atoms with Gasteiger partial charge in [0, 0.05) is 51.0 Å². The summed E-state index contributed by atoms with van der Waals surface area (Å²) in [7, 11) is 0. The van der Waals surface area contributed by atoms with E-state index in [1.165, 1.54) is 14.4 Å². The number of aromatic nitrogens is 9. The molecule has 3 aromatic heterocycles. The number of halogens is 3. The Labute approximate surface area is 555 Å². The number of nitrogens with zero attached hydrogens (tertiary/aromatic N) is 9. The van der Waals surface area contributed by atoms with E-state index in [2.05, 4.69) is 30.6 Å². The molecule has 0 saturated heterocycles. The van der Waals surface area contributed by atoms with Gasteiger partial charge < -0.3 is 43.7 Å². The second kappa shape index (κ2) is 29.2. The minimum absolute atomic E-state index is 0.00518. The van der Waals surface area contributed by atoms with Crippen molar-refractivity contribution in [3.05, 3.63) is 139 Å². The first kappa shape index (κ1) is 69.4. The summed E-state index contributed by atoms with van der Waals surface area (Å²) in [6.07, 6.45) is -1.81. The number of hydrogen-bond acceptors (Lipinski definition) is 18. The highest BCUT2D eigenvalue weighted by Gasteiger charge is 2.28. The fraction of sp³-hybridized carbons (Fsp3) is 0.435. The van der Waals surface area contributed by atoms with E-state index in [0.717, 1.165) is 16.7 Å². The summed E-state index contributed by atoms with van der Waals surface area (Å²) >= 11 is 18.7. The lowest BCUT2D eigenvalue weighted by Crippen LogP contribution is -2.33. The summed E-state index contributed by atoms with van der Waals surface area (Å²) in [6, 6.07) is 26.4. The largest absolute Gasteiger partial charge is 0.505 e. The first-order valence-corrected chi connectivity index (χ1v) is 32.0. The molecule has 0 aliphatic rings. The van der Waals surface area contributed by atoms with Crippen LogP contribution < -0.4 is 0 Å². The number of aromatic hydroxyl groups is 3. The van der Waals surface area contributed by atoms with Crippen molar-refractivity contribution < 1.29 is 58.1 Å². The molecule has 0 bridgehead atoms. The van der Waals surface area contributed by atoms with Crippen molar-refractivity contribution in [1.29, 1.82) is 0 Å². The van der Waals surface area contributed by atoms with Crippen molar-refractivity contribution in [3.63, 3.8) is 0 Å². The van der Waals surface area contributed by atoms with E-state index in [-0.39, 0.29) is 76.0 Å². The van der Waals surface area contributed by atoms with E-state index in [1.54, 1.807) is 93.6 Å². The predicted molar refractivity (Wildman–Crippen MR) is 356 cm³/mol. The average molecular weight is 1330 g/mol. The Morgan fingerprint density at radius 2 is 0.688 bits per heavy atom. The molecule has 0 saturated carbocycles. The summed E-state index contributed by atoms with van der Waals surface area (Å²) in [4.78, 5) is 44.4. The van der Waals surface area contributed by atoms with Crippen LogP contribution in [0.2, 0.25) is 15.1 Å². The molecule has 0 aliphatic carbocycles. The van der Waals surface area contributed by atoms with E-state index >= 15 is 0 Å². The molecule has 9 rings (SSSR count). The summed E-state index contributed by atoms with van der Waals surface area (Å²) in [5, 5.41) is 63.4. The van der Waals surface area contributed by atoms with Gasteiger partial charge in [-0.15, -0.1) is 45.0 Å². The molecule has 3 heterocycles. The van der Waals surface area contributed by atoms with Gasteiger partial charge in [-0.2, -0.15) is 0 Å². The van der Waals surface area contributed by atoms with Crippen molar-refractivity contribution in [2.45, 2.75) is 162 Å². The van der Waals surface area contributed by atoms with Crippen LogP contribution in [0.15, 0.2) is 91.0 Å². The third-order valence-electron chi connectivity index (χ3n) is 15.3. The van der Waals surface area contributed by atoms with Gasteiger partial charge in [-0.25, -0.2) is 0 Å². The van der Waals surface area contributed by atoms with Crippen LogP contribution in [0.5, 0.6) is 17.2 Å². The number of carbonyl (C=O) groups is 3. The van der Waals surface area contributed by atoms with Crippen LogP contribution in [0.4, 0.5) is 0 Å². The van der Waals surface area contributed by atoms with Crippen LogP contribution in [-0.2, 0) is 78.3 Å². The molecular formula is C69H80Cl3N9O12. The van der Waals surface area contributed by atoms with Crippen molar-refractivity contribution in [3.8, 4) is 34.3 Å². The minimum atomic E-state index is -0.717. The average Bonchev–Trinajstić information content (AvgIpc) is 1.78. The Morgan fingerprint density at radius 3 is 0.978 bits per heavy atom. The van der Waals surface area contributed by atoms with Gasteiger partial charge in [-0.05, 0) is 146 Å². The Morgan fingerprint density at radius 1 is 0.409 bits per heavy atom. The van der Waals surface area contributed by atoms with Gasteiger partial charge in [0.1, 0.15) is 91.8 Å². The normalized spacial score (nSPS) is 13.6. The second-order valence-corrected chi connectivity index (χ2v) is 27.9. The quantitative estimate of drug-likeness (QED) is 0.0336. The zero-order valence-electron chi connectivity index (χ0n) is 54.4. The highest BCUT2D eigenvalue weighted by molar-refractivity contribution is 6.31. The van der Waals surface area contributed by atoms with Gasteiger partial charge in [0.05, 0.1) is 33.0 Å². The second-order valence-electron chi connectivity index (χ2n) is 26.6. The molecule has 3 unspecified atom stereocenters. The SMILES string of the molecule is CC(COCC(COCC(C)OC(=O)CCc1cc(-n2nc3ccc(Cl)cc3n2)c(O)c(C(C)(C)C)c1)OCC(C)OC(=O)CCc1cc(-n2nc3ccc(Cl)cc3n2)c(O)c(C(C)(C)C)c1)OC(=O)CCc1cc(-n2nc3ccc(Cl)cc3n2)c(O)c(C(C)(C)C)c1. The lowest BCUT2D eigenvalue weighted by atomic mass is 9.84. The van der Waals surface area contributed by atoms with E-state index in [1.807, 2.05) is 80.5 Å². The number of phenolic OH excluding ortho intramolecular Hbond substituents is 3. The molecule has 0 aliphatic heterocycles. The molecule has 9 aromatic rings. The smallest absolute Gasteiger partial charge is 0.306 e. The number of benzene rings is 6. The summed E-state index contributed by atoms with van der Waals surface area (Å²) < 4.78 is 35.9. The molecule has 93 heavy (non-hydrogen) atoms. The highest BCUT2D eigenvalue weighted by atomic mass is 35.5. The number of hydrogen-bond donors (Lipinski definition) is 3. The minimum Gasteiger partial charge on any atom is -0.505 e. The molecule has 21 nitrogen and oxygen atoms in total. The molecule has 0 radical (unpaired) electrons. The molecule has 24 heteroatoms. The van der Waals surface area contributed by atoms with Crippen LogP contribution >= 0.6 is 34.8 Å². The summed E-state index contributed by atoms with van der Waals surface area (Å²) in [5.74, 6) is -1.33. The van der Waals surface area contributed by atoms with E-state index < -0.39 is 58.6 Å². The van der Waals surface area contributed by atoms with Crippen molar-refractivity contribution in [1.82, 2.24) is 45.0 Å². The third kappa shape index (κ3) is 18.1. The van der Waals surface area contributed by atoms with Gasteiger partial charge in [-0.3, -0.25) is 14.4 Å². The first-order valence-electron chi connectivity index (χ1n) is 30.9. The molecule has 0 fully saturated rings. The maximum absolute atomic E-state index is 13.5. The topological polar surface area (TPSA) is 259 Å². The fourth-order valence-corrected chi connectivity index (χ4v) is 11.0. The number of rotatable bonds is 26. The van der Waals surface area contributed by atoms with Crippen LogP contribution in [0.25, 0.3) is 50.2 Å². The van der Waals surface area contributed by atoms with E-state index in [4.69, 9.17) is 63.2 Å². The fourth-order valence-electron chi connectivity index (χ4n) is 10.5. The molecule has 3 atom stereocenters. The van der Waals surface area contributed by atoms with Gasteiger partial charge in [0.25, 0.3) is 0 Å². The lowest BCUT2D eigenvalue weighted by molar-refractivity contribution is -0.159. The molecule has 6 aromatic carbocycles. The Kier molecular flexibility index (Phi) is 21.8. The van der Waals surface area contributed by atoms with E-state index in [0.29, 0.717) is 94.8 Å². The Balaban J connectivity index is 0.809. The number of aryl methyl sites for hydroxylation is 3. The Bertz CT molecular complexity index is 4010. The van der Waals surface area contributed by atoms with Crippen molar-refractivity contribution in [2.24, 2.45) is 0 Å². The van der Waals surface area contributed by atoms with Crippen LogP contribution in [0.3, 0.4) is 0 Å². The number of phenols is 3. The third-order valence-corrected chi connectivity index (χ3v) is 16.0. The standard InChI is InChI=1S/C69H80Cl3N9O12/c1-39(91-61(82)22-13-42-25-49(67(4,5)6)64(85)58(28-42)79-73-52-19-16-45(70)31-55(52)76-79)34-88-37-48(90-36-41(3)93-63(84)24-15-44-27-51(69(10,11)12)66(87)60(30-44)81-75-54-21-18-47(72)33-57(54)78-81)38-89-35-40(2)92-62(83)23-14-43-26-50(68(7,8)9)65(86)59(29-43)80-74-53-20-17-46(71)32-56(53)77-80/h16-21,25-33,39-41,48,85-87H,13-15,22-24,34-38H2,1-12H3. The van der Waals surface area contributed by atoms with Gasteiger partial charge in [0.15, 0.2) is 0 Å². The van der Waals surface area contributed by atoms with Gasteiger partial charge >= 0.3 is 17.9 Å². The Hall–Kier alpha value is -7.92. The number of fused-ring (bicyclic) bond motifs is 3. The maximum Gasteiger partial charge on any atom is 0.306 e. The first-order chi connectivity index (χ1) is 43.8. The summed E-state index contributed by atoms with van der Waals surface area (Å²) in [6.45, 7) is 22.9. The zero-order chi connectivity index (χ0) is 67.3. The number of ether oxygens (including phenoxy) is 6. The lowest BCUT2D eigenvalue weighted by Gasteiger charge is -2.23. The van der Waals surface area contributed by atoms with Gasteiger partial charge in [-0.1, -0.05) is 115 Å². The number of carbonyl (C=O) groups excluding carboxylic acids is 3. The maximum atomic E-state index is 13.5.